The summed E-state index contributed by atoms with van der Waals surface area (Å²) in [6.07, 6.45) is 9.75. The number of anilines is 2. The predicted molar refractivity (Wildman–Crippen MR) is 118 cm³/mol. The van der Waals surface area contributed by atoms with Crippen molar-refractivity contribution in [3.63, 3.8) is 0 Å². The molecule has 3 aromatic rings. The van der Waals surface area contributed by atoms with Gasteiger partial charge in [0.2, 0.25) is 0 Å². The summed E-state index contributed by atoms with van der Waals surface area (Å²) in [5.74, 6) is 1.38. The van der Waals surface area contributed by atoms with Gasteiger partial charge in [-0.05, 0) is 62.6 Å². The van der Waals surface area contributed by atoms with Crippen LogP contribution in [0.5, 0.6) is 0 Å². The molecule has 8 heteroatoms. The maximum atomic E-state index is 6.39. The number of ether oxygens (including phenoxy) is 2. The van der Waals surface area contributed by atoms with Crippen molar-refractivity contribution >= 4 is 22.7 Å². The Bertz CT molecular complexity index is 1140. The zero-order chi connectivity index (χ0) is 21.2. The number of fused-ring (bicyclic) bond motifs is 3. The Morgan fingerprint density at radius 3 is 3.00 bits per heavy atom. The molecule has 0 spiro atoms. The van der Waals surface area contributed by atoms with Crippen molar-refractivity contribution in [2.24, 2.45) is 5.92 Å². The smallest absolute Gasteiger partial charge is 0.163 e. The van der Waals surface area contributed by atoms with E-state index in [2.05, 4.69) is 37.1 Å². The molecule has 3 N–H and O–H groups in total. The topological polar surface area (TPSA) is 100 Å². The Morgan fingerprint density at radius 2 is 2.10 bits per heavy atom. The molecule has 0 unspecified atom stereocenters. The fraction of sp³-hybridized carbons (Fsp3) is 0.522. The van der Waals surface area contributed by atoms with Gasteiger partial charge >= 0.3 is 0 Å². The fourth-order valence-corrected chi connectivity index (χ4v) is 5.58. The summed E-state index contributed by atoms with van der Waals surface area (Å²) in [5, 5.41) is 4.22. The molecule has 2 fully saturated rings. The molecule has 3 aliphatic rings. The van der Waals surface area contributed by atoms with Crippen LogP contribution < -0.4 is 11.1 Å². The van der Waals surface area contributed by atoms with Crippen LogP contribution in [0.25, 0.3) is 11.0 Å². The summed E-state index contributed by atoms with van der Waals surface area (Å²) in [6, 6.07) is 4.46. The van der Waals surface area contributed by atoms with Crippen molar-refractivity contribution in [2.45, 2.75) is 63.6 Å². The fourth-order valence-electron chi connectivity index (χ4n) is 5.58. The Balaban J connectivity index is 1.27. The molecule has 1 aliphatic carbocycles. The van der Waals surface area contributed by atoms with Crippen molar-refractivity contribution in [1.29, 1.82) is 0 Å². The third kappa shape index (κ3) is 3.16. The lowest BCUT2D eigenvalue weighted by Crippen LogP contribution is -2.27. The SMILES string of the molecule is CC1(C)O[C@@H]2[C@@H](CCc3cnc4c(c3)CCN4)C[C@@H](n3ccc4c(N)ncnc43)[C@@H]2O1. The van der Waals surface area contributed by atoms with Crippen LogP contribution in [-0.4, -0.2) is 44.1 Å². The Hall–Kier alpha value is -2.71. The van der Waals surface area contributed by atoms with Gasteiger partial charge in [0.05, 0.1) is 17.5 Å². The lowest BCUT2D eigenvalue weighted by Gasteiger charge is -2.24. The molecule has 0 amide bonds. The van der Waals surface area contributed by atoms with Gasteiger partial charge in [-0.15, -0.1) is 0 Å². The summed E-state index contributed by atoms with van der Waals surface area (Å²) in [5.41, 5.74) is 9.56. The van der Waals surface area contributed by atoms with E-state index in [4.69, 9.17) is 15.2 Å². The van der Waals surface area contributed by atoms with Crippen molar-refractivity contribution in [3.05, 3.63) is 42.0 Å². The second kappa shape index (κ2) is 6.90. The predicted octanol–water partition coefficient (Wildman–Crippen LogP) is 3.09. The van der Waals surface area contributed by atoms with Gasteiger partial charge in [0, 0.05) is 18.9 Å². The highest BCUT2D eigenvalue weighted by atomic mass is 16.8. The number of aryl methyl sites for hydroxylation is 1. The van der Waals surface area contributed by atoms with E-state index in [-0.39, 0.29) is 18.2 Å². The number of nitrogen functional groups attached to an aromatic ring is 1. The van der Waals surface area contributed by atoms with Crippen LogP contribution in [0.2, 0.25) is 0 Å². The highest BCUT2D eigenvalue weighted by Gasteiger charge is 2.54. The third-order valence-electron chi connectivity index (χ3n) is 6.96. The minimum atomic E-state index is -0.579. The van der Waals surface area contributed by atoms with E-state index in [0.717, 1.165) is 49.1 Å². The molecule has 162 valence electrons. The van der Waals surface area contributed by atoms with E-state index in [1.165, 1.54) is 17.5 Å². The minimum Gasteiger partial charge on any atom is -0.383 e. The van der Waals surface area contributed by atoms with Gasteiger partial charge in [-0.3, -0.25) is 0 Å². The molecule has 0 bridgehead atoms. The van der Waals surface area contributed by atoms with Gasteiger partial charge in [0.15, 0.2) is 5.79 Å². The Kier molecular flexibility index (Phi) is 4.23. The summed E-state index contributed by atoms with van der Waals surface area (Å²) in [4.78, 5) is 13.2. The first kappa shape index (κ1) is 19.0. The van der Waals surface area contributed by atoms with E-state index in [1.54, 1.807) is 0 Å². The van der Waals surface area contributed by atoms with Crippen molar-refractivity contribution in [1.82, 2.24) is 19.5 Å². The quantitative estimate of drug-likeness (QED) is 0.669. The highest BCUT2D eigenvalue weighted by molar-refractivity contribution is 5.86. The van der Waals surface area contributed by atoms with Crippen LogP contribution in [0, 0.1) is 5.92 Å². The highest BCUT2D eigenvalue weighted by Crippen LogP contribution is 2.49. The van der Waals surface area contributed by atoms with Gasteiger partial charge in [-0.2, -0.15) is 0 Å². The molecule has 8 nitrogen and oxygen atoms in total. The van der Waals surface area contributed by atoms with Crippen molar-refractivity contribution < 1.29 is 9.47 Å². The van der Waals surface area contributed by atoms with E-state index >= 15 is 0 Å². The van der Waals surface area contributed by atoms with Gasteiger partial charge in [0.1, 0.15) is 29.7 Å². The molecule has 2 aliphatic heterocycles. The molecule has 6 rings (SSSR count). The number of nitrogens with zero attached hydrogens (tertiary/aromatic N) is 4. The third-order valence-corrected chi connectivity index (χ3v) is 6.96. The molecule has 3 aromatic heterocycles. The molecule has 1 saturated carbocycles. The number of hydrogen-bond donors (Lipinski definition) is 2. The summed E-state index contributed by atoms with van der Waals surface area (Å²) >= 11 is 0. The van der Waals surface area contributed by atoms with E-state index in [1.807, 2.05) is 26.1 Å². The van der Waals surface area contributed by atoms with E-state index in [9.17, 15) is 0 Å². The first-order valence-electron chi connectivity index (χ1n) is 11.1. The van der Waals surface area contributed by atoms with Gasteiger partial charge < -0.3 is 25.1 Å². The number of pyridine rings is 1. The average Bonchev–Trinajstić information content (AvgIpc) is 3.49. The molecule has 5 heterocycles. The number of hydrogen-bond acceptors (Lipinski definition) is 7. The zero-order valence-corrected chi connectivity index (χ0v) is 17.9. The maximum absolute atomic E-state index is 6.39. The largest absolute Gasteiger partial charge is 0.383 e. The van der Waals surface area contributed by atoms with Crippen LogP contribution in [-0.2, 0) is 22.3 Å². The number of nitrogens with one attached hydrogen (secondary N) is 1. The lowest BCUT2D eigenvalue weighted by molar-refractivity contribution is -0.160. The standard InChI is InChI=1S/C23H28N6O2/c1-23(2)30-18-14(4-3-13-9-15-5-7-25-21(15)26-11-13)10-17(19(18)31-23)29-8-6-16-20(24)27-12-28-22(16)29/h6,8-9,11-12,14,17-19H,3-5,7,10H2,1-2H3,(H,25,26)(H2,24,27,28)/t14-,17+,18+,19-/m0/s1. The minimum absolute atomic E-state index is 0.00543. The summed E-state index contributed by atoms with van der Waals surface area (Å²) < 4.78 is 15.0. The molecule has 0 aromatic carbocycles. The van der Waals surface area contributed by atoms with E-state index < -0.39 is 5.79 Å². The van der Waals surface area contributed by atoms with Gasteiger partial charge in [-0.1, -0.05) is 6.07 Å². The Morgan fingerprint density at radius 1 is 1.23 bits per heavy atom. The summed E-state index contributed by atoms with van der Waals surface area (Å²) in [7, 11) is 0. The molecule has 0 radical (unpaired) electrons. The second-order valence-corrected chi connectivity index (χ2v) is 9.41. The molecular formula is C23H28N6O2. The molecule has 1 saturated heterocycles. The first-order valence-corrected chi connectivity index (χ1v) is 11.1. The number of aromatic nitrogens is 4. The van der Waals surface area contributed by atoms with Crippen LogP contribution in [0.15, 0.2) is 30.9 Å². The van der Waals surface area contributed by atoms with Crippen LogP contribution in [0.1, 0.15) is 43.9 Å². The number of nitrogens with two attached hydrogens (primary N) is 1. The Labute approximate surface area is 181 Å². The molecule has 4 atom stereocenters. The van der Waals surface area contributed by atoms with E-state index in [0.29, 0.717) is 11.7 Å². The second-order valence-electron chi connectivity index (χ2n) is 9.41. The zero-order valence-electron chi connectivity index (χ0n) is 17.9. The normalized spacial score (nSPS) is 28.6. The lowest BCUT2D eigenvalue weighted by atomic mass is 9.96. The van der Waals surface area contributed by atoms with Crippen molar-refractivity contribution in [2.75, 3.05) is 17.6 Å². The van der Waals surface area contributed by atoms with Crippen molar-refractivity contribution in [3.8, 4) is 0 Å². The summed E-state index contributed by atoms with van der Waals surface area (Å²) in [6.45, 7) is 4.99. The maximum Gasteiger partial charge on any atom is 0.163 e. The van der Waals surface area contributed by atoms with Gasteiger partial charge in [0.25, 0.3) is 0 Å². The average molecular weight is 421 g/mol. The van der Waals surface area contributed by atoms with Crippen LogP contribution >= 0.6 is 0 Å². The van der Waals surface area contributed by atoms with Gasteiger partial charge in [-0.25, -0.2) is 15.0 Å². The number of rotatable bonds is 4. The van der Waals surface area contributed by atoms with Crippen LogP contribution in [0.4, 0.5) is 11.6 Å². The van der Waals surface area contributed by atoms with Crippen LogP contribution in [0.3, 0.4) is 0 Å². The monoisotopic (exact) mass is 420 g/mol. The molecular weight excluding hydrogens is 392 g/mol. The first-order chi connectivity index (χ1) is 15.0. The molecule has 31 heavy (non-hydrogen) atoms.